The summed E-state index contributed by atoms with van der Waals surface area (Å²) in [4.78, 5) is 24.0. The van der Waals surface area contributed by atoms with Crippen LogP contribution >= 0.6 is 27.5 Å². The molecule has 0 unspecified atom stereocenters. The van der Waals surface area contributed by atoms with Crippen LogP contribution in [0.25, 0.3) is 0 Å². The number of ketones is 1. The molecule has 1 saturated heterocycles. The summed E-state index contributed by atoms with van der Waals surface area (Å²) in [5.41, 5.74) is 0.927. The van der Waals surface area contributed by atoms with Crippen molar-refractivity contribution in [2.45, 2.75) is 13.0 Å². The normalized spacial score (nSPS) is 16.0. The molecule has 1 amide bonds. The Morgan fingerprint density at radius 2 is 2.12 bits per heavy atom. The largest absolute Gasteiger partial charge is 0.331 e. The van der Waals surface area contributed by atoms with E-state index < -0.39 is 0 Å². The molecule has 1 heterocycles. The van der Waals surface area contributed by atoms with Crippen LogP contribution in [0.1, 0.15) is 12.0 Å². The molecule has 1 aliphatic heterocycles. The number of rotatable bonds is 2. The highest BCUT2D eigenvalue weighted by Crippen LogP contribution is 2.24. The van der Waals surface area contributed by atoms with Gasteiger partial charge in [-0.15, -0.1) is 0 Å². The lowest BCUT2D eigenvalue weighted by Crippen LogP contribution is -2.24. The number of benzene rings is 1. The highest BCUT2D eigenvalue weighted by Gasteiger charge is 2.27. The van der Waals surface area contributed by atoms with Crippen LogP contribution in [0, 0.1) is 0 Å². The summed E-state index contributed by atoms with van der Waals surface area (Å²) >= 11 is 9.24. The smallest absolute Gasteiger partial charge is 0.230 e. The fraction of sp³-hybridized carbons (Fsp3) is 0.273. The molecule has 1 fully saturated rings. The zero-order chi connectivity index (χ0) is 11.7. The zero-order valence-corrected chi connectivity index (χ0v) is 10.7. The van der Waals surface area contributed by atoms with E-state index in [1.54, 1.807) is 11.0 Å². The summed E-state index contributed by atoms with van der Waals surface area (Å²) in [6, 6.07) is 5.51. The molecule has 1 aliphatic rings. The van der Waals surface area contributed by atoms with Gasteiger partial charge in [0, 0.05) is 11.0 Å². The van der Waals surface area contributed by atoms with Gasteiger partial charge in [0.2, 0.25) is 5.91 Å². The molecule has 0 spiro atoms. The number of carbonyl (C=O) groups excluding carboxylic acids is 2. The Balaban J connectivity index is 2.12. The Labute approximate surface area is 107 Å². The summed E-state index contributed by atoms with van der Waals surface area (Å²) in [5.74, 6) is -0.128. The summed E-state index contributed by atoms with van der Waals surface area (Å²) in [6.07, 6.45) is 0.0320. The minimum Gasteiger partial charge on any atom is -0.331 e. The molecular weight excluding hydrogens is 293 g/mol. The van der Waals surface area contributed by atoms with E-state index in [1.807, 2.05) is 12.1 Å². The van der Waals surface area contributed by atoms with E-state index in [0.717, 1.165) is 10.0 Å². The highest BCUT2D eigenvalue weighted by atomic mass is 79.9. The number of halogens is 2. The first-order valence-electron chi connectivity index (χ1n) is 4.79. The van der Waals surface area contributed by atoms with Crippen molar-refractivity contribution in [3.63, 3.8) is 0 Å². The number of Topliss-reactive ketones (excluding diaryl/α,β-unsaturated/α-hetero) is 1. The molecule has 0 N–H and O–H groups in total. The van der Waals surface area contributed by atoms with E-state index in [2.05, 4.69) is 15.9 Å². The van der Waals surface area contributed by atoms with E-state index in [1.165, 1.54) is 0 Å². The molecule has 0 aliphatic carbocycles. The molecular formula is C11H9BrClNO2. The first kappa shape index (κ1) is 11.6. The summed E-state index contributed by atoms with van der Waals surface area (Å²) in [5, 5.41) is 0.607. The summed E-state index contributed by atoms with van der Waals surface area (Å²) in [7, 11) is 0. The molecule has 3 nitrogen and oxygen atoms in total. The molecule has 2 rings (SSSR count). The first-order chi connectivity index (χ1) is 7.56. The fourth-order valence-electron chi connectivity index (χ4n) is 1.64. The van der Waals surface area contributed by atoms with Crippen LogP contribution in [-0.2, 0) is 16.1 Å². The average molecular weight is 303 g/mol. The van der Waals surface area contributed by atoms with Crippen molar-refractivity contribution in [1.29, 1.82) is 0 Å². The lowest BCUT2D eigenvalue weighted by molar-refractivity contribution is -0.128. The van der Waals surface area contributed by atoms with Gasteiger partial charge in [0.1, 0.15) is 0 Å². The van der Waals surface area contributed by atoms with Crippen LogP contribution in [0.5, 0.6) is 0 Å². The number of hydrogen-bond donors (Lipinski definition) is 0. The van der Waals surface area contributed by atoms with E-state index in [-0.39, 0.29) is 24.7 Å². The molecule has 1 aromatic rings. The van der Waals surface area contributed by atoms with Gasteiger partial charge < -0.3 is 4.90 Å². The number of amides is 1. The second kappa shape index (κ2) is 4.55. The van der Waals surface area contributed by atoms with Gasteiger partial charge in [-0.3, -0.25) is 9.59 Å². The maximum absolute atomic E-state index is 11.4. The Bertz CT molecular complexity index is 461. The predicted octanol–water partition coefficient (Wildman–Crippen LogP) is 2.40. The van der Waals surface area contributed by atoms with Gasteiger partial charge in [0.25, 0.3) is 0 Å². The van der Waals surface area contributed by atoms with Crippen LogP contribution in [0.4, 0.5) is 0 Å². The van der Waals surface area contributed by atoms with Crippen LogP contribution in [-0.4, -0.2) is 23.1 Å². The second-order valence-electron chi connectivity index (χ2n) is 3.71. The SMILES string of the molecule is O=C1CC(=O)N(Cc2ccc(Br)c(Cl)c2)C1. The molecule has 84 valence electrons. The Hall–Kier alpha value is -0.870. The molecule has 0 saturated carbocycles. The van der Waals surface area contributed by atoms with Crippen LogP contribution in [0.2, 0.25) is 5.02 Å². The van der Waals surface area contributed by atoms with Crippen molar-refractivity contribution in [1.82, 2.24) is 4.90 Å². The minimum absolute atomic E-state index is 0.0202. The van der Waals surface area contributed by atoms with Gasteiger partial charge in [-0.05, 0) is 33.6 Å². The third kappa shape index (κ3) is 2.44. The van der Waals surface area contributed by atoms with Gasteiger partial charge in [-0.25, -0.2) is 0 Å². The maximum atomic E-state index is 11.4. The lowest BCUT2D eigenvalue weighted by Gasteiger charge is -2.14. The van der Waals surface area contributed by atoms with Crippen LogP contribution in [0.3, 0.4) is 0 Å². The van der Waals surface area contributed by atoms with E-state index in [4.69, 9.17) is 11.6 Å². The molecule has 0 atom stereocenters. The number of carbonyl (C=O) groups is 2. The predicted molar refractivity (Wildman–Crippen MR) is 64.2 cm³/mol. The van der Waals surface area contributed by atoms with Gasteiger partial charge >= 0.3 is 0 Å². The van der Waals surface area contributed by atoms with Gasteiger partial charge in [-0.2, -0.15) is 0 Å². The zero-order valence-electron chi connectivity index (χ0n) is 8.37. The van der Waals surface area contributed by atoms with Crippen molar-refractivity contribution in [3.05, 3.63) is 33.3 Å². The molecule has 1 aromatic carbocycles. The van der Waals surface area contributed by atoms with E-state index in [9.17, 15) is 9.59 Å². The first-order valence-corrected chi connectivity index (χ1v) is 5.97. The maximum Gasteiger partial charge on any atom is 0.230 e. The van der Waals surface area contributed by atoms with Crippen molar-refractivity contribution in [3.8, 4) is 0 Å². The molecule has 0 radical (unpaired) electrons. The Morgan fingerprint density at radius 3 is 2.69 bits per heavy atom. The number of likely N-dealkylation sites (tertiary alicyclic amines) is 1. The summed E-state index contributed by atoms with van der Waals surface area (Å²) in [6.45, 7) is 0.657. The van der Waals surface area contributed by atoms with Crippen molar-refractivity contribution >= 4 is 39.2 Å². The number of nitrogens with zero attached hydrogens (tertiary/aromatic N) is 1. The lowest BCUT2D eigenvalue weighted by atomic mass is 10.2. The van der Waals surface area contributed by atoms with Crippen molar-refractivity contribution in [2.24, 2.45) is 0 Å². The fourth-order valence-corrected chi connectivity index (χ4v) is 2.09. The standard InChI is InChI=1S/C11H9BrClNO2/c12-9-2-1-7(3-10(9)13)5-14-6-8(15)4-11(14)16/h1-3H,4-6H2. The molecule has 0 aromatic heterocycles. The second-order valence-corrected chi connectivity index (χ2v) is 4.98. The summed E-state index contributed by atoms with van der Waals surface area (Å²) < 4.78 is 0.821. The molecule has 16 heavy (non-hydrogen) atoms. The van der Waals surface area contributed by atoms with Gasteiger partial charge in [-0.1, -0.05) is 17.7 Å². The van der Waals surface area contributed by atoms with Gasteiger partial charge in [0.05, 0.1) is 18.0 Å². The minimum atomic E-state index is -0.107. The van der Waals surface area contributed by atoms with Crippen molar-refractivity contribution < 1.29 is 9.59 Å². The Morgan fingerprint density at radius 1 is 1.38 bits per heavy atom. The Kier molecular flexibility index (Phi) is 3.30. The molecule has 0 bridgehead atoms. The third-order valence-corrected chi connectivity index (χ3v) is 3.66. The third-order valence-electron chi connectivity index (χ3n) is 2.43. The quantitative estimate of drug-likeness (QED) is 0.787. The van der Waals surface area contributed by atoms with Gasteiger partial charge in [0.15, 0.2) is 5.78 Å². The van der Waals surface area contributed by atoms with E-state index >= 15 is 0 Å². The topological polar surface area (TPSA) is 37.4 Å². The van der Waals surface area contributed by atoms with Crippen LogP contribution < -0.4 is 0 Å². The molecule has 5 heteroatoms. The number of hydrogen-bond acceptors (Lipinski definition) is 2. The van der Waals surface area contributed by atoms with Crippen LogP contribution in [0.15, 0.2) is 22.7 Å². The van der Waals surface area contributed by atoms with Crippen molar-refractivity contribution in [2.75, 3.05) is 6.54 Å². The monoisotopic (exact) mass is 301 g/mol. The average Bonchev–Trinajstić information content (AvgIpc) is 2.51. The van der Waals surface area contributed by atoms with E-state index in [0.29, 0.717) is 11.6 Å². The highest BCUT2D eigenvalue weighted by molar-refractivity contribution is 9.10.